The average Bonchev–Trinajstić information content (AvgIpc) is 3.12. The molecule has 0 aliphatic rings. The van der Waals surface area contributed by atoms with Crippen LogP contribution in [0.1, 0.15) is 33.2 Å². The van der Waals surface area contributed by atoms with Crippen LogP contribution in [0.25, 0.3) is 0 Å². The van der Waals surface area contributed by atoms with Crippen LogP contribution in [-0.4, -0.2) is 11.7 Å². The lowest BCUT2D eigenvalue weighted by Gasteiger charge is -2.01. The number of allylic oxidation sites excluding steroid dienone is 1. The van der Waals surface area contributed by atoms with E-state index in [4.69, 9.17) is 4.42 Å². The standard InChI is InChI=1S/C15H15NO3S/c1-2-3-6-14(17)16-10-11-7-8-13(20-11)15(18)12-5-4-9-19-12/h2,4-5,7-9H,1,3,6,10H2,(H,16,17). The predicted molar refractivity (Wildman–Crippen MR) is 77.7 cm³/mol. The Kier molecular flexibility index (Phi) is 4.90. The van der Waals surface area contributed by atoms with E-state index in [0.29, 0.717) is 30.0 Å². The van der Waals surface area contributed by atoms with Crippen molar-refractivity contribution in [3.8, 4) is 0 Å². The SMILES string of the molecule is C=CCCC(=O)NCc1ccc(C(=O)c2ccco2)s1. The number of carbonyl (C=O) groups is 2. The molecule has 0 bridgehead atoms. The van der Waals surface area contributed by atoms with E-state index in [1.807, 2.05) is 6.07 Å². The summed E-state index contributed by atoms with van der Waals surface area (Å²) in [5.74, 6) is 0.176. The molecule has 4 nitrogen and oxygen atoms in total. The Hall–Kier alpha value is -2.14. The van der Waals surface area contributed by atoms with Crippen molar-refractivity contribution in [2.24, 2.45) is 0 Å². The van der Waals surface area contributed by atoms with Crippen molar-refractivity contribution < 1.29 is 14.0 Å². The maximum absolute atomic E-state index is 12.0. The average molecular weight is 289 g/mol. The second-order valence-corrected chi connectivity index (χ2v) is 5.34. The van der Waals surface area contributed by atoms with Crippen molar-refractivity contribution in [1.29, 1.82) is 0 Å². The van der Waals surface area contributed by atoms with Crippen molar-refractivity contribution in [1.82, 2.24) is 5.32 Å². The third-order valence-electron chi connectivity index (χ3n) is 2.67. The molecule has 2 rings (SSSR count). The largest absolute Gasteiger partial charge is 0.461 e. The van der Waals surface area contributed by atoms with Gasteiger partial charge in [0.15, 0.2) is 5.76 Å². The Bertz CT molecular complexity index is 598. The lowest BCUT2D eigenvalue weighted by Crippen LogP contribution is -2.21. The van der Waals surface area contributed by atoms with Crippen molar-refractivity contribution >= 4 is 23.0 Å². The molecule has 2 aromatic heterocycles. The molecule has 5 heteroatoms. The van der Waals surface area contributed by atoms with Gasteiger partial charge >= 0.3 is 0 Å². The zero-order valence-corrected chi connectivity index (χ0v) is 11.7. The molecule has 0 radical (unpaired) electrons. The summed E-state index contributed by atoms with van der Waals surface area (Å²) in [6, 6.07) is 6.91. The van der Waals surface area contributed by atoms with Gasteiger partial charge in [-0.2, -0.15) is 0 Å². The monoisotopic (exact) mass is 289 g/mol. The van der Waals surface area contributed by atoms with Crippen LogP contribution in [0.4, 0.5) is 0 Å². The molecular weight excluding hydrogens is 274 g/mol. The van der Waals surface area contributed by atoms with Crippen LogP contribution >= 0.6 is 11.3 Å². The molecule has 1 amide bonds. The first-order valence-corrected chi connectivity index (χ1v) is 7.07. The molecule has 0 aliphatic heterocycles. The summed E-state index contributed by atoms with van der Waals surface area (Å²) < 4.78 is 5.08. The van der Waals surface area contributed by atoms with E-state index < -0.39 is 0 Å². The molecule has 0 aromatic carbocycles. The number of carbonyl (C=O) groups excluding carboxylic acids is 2. The third-order valence-corrected chi connectivity index (χ3v) is 3.75. The number of ketones is 1. The van der Waals surface area contributed by atoms with Gasteiger partial charge in [-0.1, -0.05) is 6.08 Å². The van der Waals surface area contributed by atoms with Crippen LogP contribution in [-0.2, 0) is 11.3 Å². The molecular formula is C15H15NO3S. The Morgan fingerprint density at radius 2 is 2.20 bits per heavy atom. The van der Waals surface area contributed by atoms with E-state index >= 15 is 0 Å². The molecule has 0 saturated heterocycles. The fourth-order valence-electron chi connectivity index (χ4n) is 1.63. The lowest BCUT2D eigenvalue weighted by atomic mass is 10.2. The Balaban J connectivity index is 1.91. The number of furan rings is 1. The lowest BCUT2D eigenvalue weighted by molar-refractivity contribution is -0.121. The van der Waals surface area contributed by atoms with Crippen molar-refractivity contribution in [3.63, 3.8) is 0 Å². The highest BCUT2D eigenvalue weighted by Crippen LogP contribution is 2.20. The molecule has 0 unspecified atom stereocenters. The van der Waals surface area contributed by atoms with Gasteiger partial charge in [-0.25, -0.2) is 0 Å². The van der Waals surface area contributed by atoms with Crippen LogP contribution in [0.2, 0.25) is 0 Å². The van der Waals surface area contributed by atoms with Gasteiger partial charge in [-0.3, -0.25) is 9.59 Å². The van der Waals surface area contributed by atoms with Gasteiger partial charge in [0.25, 0.3) is 0 Å². The van der Waals surface area contributed by atoms with Crippen molar-refractivity contribution in [3.05, 3.63) is 58.7 Å². The molecule has 2 heterocycles. The second kappa shape index (κ2) is 6.86. The molecule has 0 aliphatic carbocycles. The van der Waals surface area contributed by atoms with E-state index in [2.05, 4.69) is 11.9 Å². The van der Waals surface area contributed by atoms with Crippen LogP contribution in [0, 0.1) is 0 Å². The normalized spacial score (nSPS) is 10.2. The highest BCUT2D eigenvalue weighted by Gasteiger charge is 2.14. The fourth-order valence-corrected chi connectivity index (χ4v) is 2.52. The van der Waals surface area contributed by atoms with Gasteiger partial charge in [0.05, 0.1) is 17.7 Å². The number of hydrogen-bond donors (Lipinski definition) is 1. The quantitative estimate of drug-likeness (QED) is 0.629. The Morgan fingerprint density at radius 1 is 1.35 bits per heavy atom. The van der Waals surface area contributed by atoms with Crippen LogP contribution in [0.3, 0.4) is 0 Å². The molecule has 0 atom stereocenters. The predicted octanol–water partition coefficient (Wildman–Crippen LogP) is 3.15. The highest BCUT2D eigenvalue weighted by atomic mass is 32.1. The molecule has 0 spiro atoms. The number of rotatable bonds is 7. The summed E-state index contributed by atoms with van der Waals surface area (Å²) in [4.78, 5) is 25.0. The zero-order chi connectivity index (χ0) is 14.4. The topological polar surface area (TPSA) is 59.3 Å². The van der Waals surface area contributed by atoms with E-state index in [1.165, 1.54) is 17.6 Å². The van der Waals surface area contributed by atoms with Crippen molar-refractivity contribution in [2.45, 2.75) is 19.4 Å². The zero-order valence-electron chi connectivity index (χ0n) is 10.9. The molecule has 104 valence electrons. The summed E-state index contributed by atoms with van der Waals surface area (Å²) in [7, 11) is 0. The van der Waals surface area contributed by atoms with Gasteiger partial charge in [0.2, 0.25) is 11.7 Å². The molecule has 0 fully saturated rings. The minimum atomic E-state index is -0.135. The number of thiophene rings is 1. The first-order valence-electron chi connectivity index (χ1n) is 6.25. The van der Waals surface area contributed by atoms with E-state index in [-0.39, 0.29) is 11.7 Å². The number of hydrogen-bond acceptors (Lipinski definition) is 4. The molecule has 2 aromatic rings. The van der Waals surface area contributed by atoms with E-state index in [0.717, 1.165) is 4.88 Å². The van der Waals surface area contributed by atoms with E-state index in [9.17, 15) is 9.59 Å². The summed E-state index contributed by atoms with van der Waals surface area (Å²) in [5, 5.41) is 2.81. The summed E-state index contributed by atoms with van der Waals surface area (Å²) >= 11 is 1.36. The summed E-state index contributed by atoms with van der Waals surface area (Å²) in [5.41, 5.74) is 0. The van der Waals surface area contributed by atoms with Gasteiger partial charge in [-0.15, -0.1) is 17.9 Å². The van der Waals surface area contributed by atoms with Crippen LogP contribution in [0.15, 0.2) is 47.6 Å². The van der Waals surface area contributed by atoms with Gasteiger partial charge in [-0.05, 0) is 30.7 Å². The van der Waals surface area contributed by atoms with Crippen LogP contribution < -0.4 is 5.32 Å². The maximum Gasteiger partial charge on any atom is 0.238 e. The van der Waals surface area contributed by atoms with E-state index in [1.54, 1.807) is 24.3 Å². The molecule has 0 saturated carbocycles. The van der Waals surface area contributed by atoms with Crippen molar-refractivity contribution in [2.75, 3.05) is 0 Å². The van der Waals surface area contributed by atoms with Gasteiger partial charge in [0.1, 0.15) is 0 Å². The Morgan fingerprint density at radius 3 is 2.90 bits per heavy atom. The fraction of sp³-hybridized carbons (Fsp3) is 0.200. The number of amides is 1. The number of nitrogens with one attached hydrogen (secondary N) is 1. The summed E-state index contributed by atoms with van der Waals surface area (Å²) in [6.07, 6.45) is 4.29. The molecule has 1 N–H and O–H groups in total. The second-order valence-electron chi connectivity index (χ2n) is 4.18. The summed E-state index contributed by atoms with van der Waals surface area (Å²) in [6.45, 7) is 4.01. The minimum absolute atomic E-state index is 0.0165. The first-order chi connectivity index (χ1) is 9.70. The minimum Gasteiger partial charge on any atom is -0.461 e. The smallest absolute Gasteiger partial charge is 0.238 e. The third kappa shape index (κ3) is 3.68. The Labute approximate surface area is 121 Å². The van der Waals surface area contributed by atoms with Gasteiger partial charge in [0, 0.05) is 11.3 Å². The molecule has 20 heavy (non-hydrogen) atoms. The highest BCUT2D eigenvalue weighted by molar-refractivity contribution is 7.14. The van der Waals surface area contributed by atoms with Crippen LogP contribution in [0.5, 0.6) is 0 Å². The first kappa shape index (κ1) is 14.3. The maximum atomic E-state index is 12.0. The van der Waals surface area contributed by atoms with Gasteiger partial charge < -0.3 is 9.73 Å².